The highest BCUT2D eigenvalue weighted by Gasteiger charge is 2.19. The van der Waals surface area contributed by atoms with E-state index in [1.807, 2.05) is 36.4 Å². The molecule has 2 aromatic carbocycles. The minimum atomic E-state index is 0.0762. The summed E-state index contributed by atoms with van der Waals surface area (Å²) in [5.41, 5.74) is 3.25. The van der Waals surface area contributed by atoms with Crippen LogP contribution in [0.5, 0.6) is 0 Å². The van der Waals surface area contributed by atoms with Gasteiger partial charge in [0.25, 0.3) is 0 Å². The first-order valence-corrected chi connectivity index (χ1v) is 8.10. The van der Waals surface area contributed by atoms with Crippen molar-refractivity contribution < 1.29 is 5.11 Å². The molecule has 1 aliphatic rings. The second kappa shape index (κ2) is 7.03. The molecule has 0 bridgehead atoms. The summed E-state index contributed by atoms with van der Waals surface area (Å²) in [6, 6.07) is 16.5. The Morgan fingerprint density at radius 2 is 1.73 bits per heavy atom. The second-order valence-corrected chi connectivity index (χ2v) is 6.13. The van der Waals surface area contributed by atoms with Crippen LogP contribution in [0.4, 0.5) is 11.4 Å². The monoisotopic (exact) mass is 316 g/mol. The molecule has 1 heterocycles. The standard InChI is InChI=1S/C18H21ClN2O/c19-15-5-7-17(8-6-15)21-11-9-16(10-12-21)20-18-4-2-1-3-14(18)13-22/h1-8,16,20,22H,9-13H2. The van der Waals surface area contributed by atoms with Crippen LogP contribution in [-0.4, -0.2) is 24.2 Å². The normalized spacial score (nSPS) is 15.8. The Labute approximate surface area is 136 Å². The molecule has 0 spiro atoms. The Kier molecular flexibility index (Phi) is 4.86. The van der Waals surface area contributed by atoms with Gasteiger partial charge in [0.15, 0.2) is 0 Å². The quantitative estimate of drug-likeness (QED) is 0.897. The molecule has 22 heavy (non-hydrogen) atoms. The summed E-state index contributed by atoms with van der Waals surface area (Å²) in [6.45, 7) is 2.13. The van der Waals surface area contributed by atoms with Crippen LogP contribution in [0.3, 0.4) is 0 Å². The summed E-state index contributed by atoms with van der Waals surface area (Å²) in [4.78, 5) is 2.40. The maximum Gasteiger partial charge on any atom is 0.0701 e. The summed E-state index contributed by atoms with van der Waals surface area (Å²) in [7, 11) is 0. The first-order valence-electron chi connectivity index (χ1n) is 7.72. The molecule has 3 nitrogen and oxygen atoms in total. The molecule has 3 rings (SSSR count). The molecule has 0 saturated carbocycles. The smallest absolute Gasteiger partial charge is 0.0701 e. The van der Waals surface area contributed by atoms with E-state index in [-0.39, 0.29) is 6.61 Å². The highest BCUT2D eigenvalue weighted by molar-refractivity contribution is 6.30. The molecule has 4 heteroatoms. The first kappa shape index (κ1) is 15.2. The number of nitrogens with one attached hydrogen (secondary N) is 1. The van der Waals surface area contributed by atoms with E-state index in [0.29, 0.717) is 6.04 Å². The number of halogens is 1. The van der Waals surface area contributed by atoms with E-state index >= 15 is 0 Å². The van der Waals surface area contributed by atoms with Crippen molar-refractivity contribution in [2.45, 2.75) is 25.5 Å². The van der Waals surface area contributed by atoms with E-state index < -0.39 is 0 Å². The third-order valence-electron chi connectivity index (χ3n) is 4.23. The maximum absolute atomic E-state index is 9.40. The Morgan fingerprint density at radius 3 is 2.41 bits per heavy atom. The molecule has 2 aromatic rings. The highest BCUT2D eigenvalue weighted by atomic mass is 35.5. The zero-order chi connectivity index (χ0) is 15.4. The predicted molar refractivity (Wildman–Crippen MR) is 92.7 cm³/mol. The molecule has 1 fully saturated rings. The number of nitrogens with zero attached hydrogens (tertiary/aromatic N) is 1. The van der Waals surface area contributed by atoms with Gasteiger partial charge in [-0.2, -0.15) is 0 Å². The fraction of sp³-hybridized carbons (Fsp3) is 0.333. The van der Waals surface area contributed by atoms with Crippen molar-refractivity contribution in [3.8, 4) is 0 Å². The van der Waals surface area contributed by atoms with Crippen molar-refractivity contribution in [2.24, 2.45) is 0 Å². The lowest BCUT2D eigenvalue weighted by Gasteiger charge is -2.34. The van der Waals surface area contributed by atoms with Crippen molar-refractivity contribution >= 4 is 23.0 Å². The fourth-order valence-electron chi connectivity index (χ4n) is 2.95. The molecule has 116 valence electrons. The van der Waals surface area contributed by atoms with E-state index in [1.54, 1.807) is 0 Å². The fourth-order valence-corrected chi connectivity index (χ4v) is 3.08. The topological polar surface area (TPSA) is 35.5 Å². The van der Waals surface area contributed by atoms with Gasteiger partial charge < -0.3 is 15.3 Å². The van der Waals surface area contributed by atoms with Crippen LogP contribution in [-0.2, 0) is 6.61 Å². The Balaban J connectivity index is 1.59. The number of hydrogen-bond acceptors (Lipinski definition) is 3. The van der Waals surface area contributed by atoms with E-state index in [9.17, 15) is 5.11 Å². The van der Waals surface area contributed by atoms with Crippen molar-refractivity contribution in [3.05, 3.63) is 59.1 Å². The molecular weight excluding hydrogens is 296 g/mol. The number of piperidine rings is 1. The number of para-hydroxylation sites is 1. The minimum absolute atomic E-state index is 0.0762. The summed E-state index contributed by atoms with van der Waals surface area (Å²) in [6.07, 6.45) is 2.17. The van der Waals surface area contributed by atoms with Gasteiger partial charge >= 0.3 is 0 Å². The third-order valence-corrected chi connectivity index (χ3v) is 4.49. The molecule has 0 radical (unpaired) electrons. The van der Waals surface area contributed by atoms with Gasteiger partial charge in [0, 0.05) is 41.1 Å². The molecule has 0 aromatic heterocycles. The number of aliphatic hydroxyl groups excluding tert-OH is 1. The number of rotatable bonds is 4. The average molecular weight is 317 g/mol. The highest BCUT2D eigenvalue weighted by Crippen LogP contribution is 2.24. The molecular formula is C18H21ClN2O. The molecule has 1 aliphatic heterocycles. The SMILES string of the molecule is OCc1ccccc1NC1CCN(c2ccc(Cl)cc2)CC1. The molecule has 1 saturated heterocycles. The predicted octanol–water partition coefficient (Wildman–Crippen LogP) is 3.91. The largest absolute Gasteiger partial charge is 0.392 e. The van der Waals surface area contributed by atoms with E-state index in [4.69, 9.17) is 11.6 Å². The van der Waals surface area contributed by atoms with Crippen LogP contribution in [0.15, 0.2) is 48.5 Å². The van der Waals surface area contributed by atoms with E-state index in [2.05, 4.69) is 22.3 Å². The van der Waals surface area contributed by atoms with Crippen LogP contribution in [0, 0.1) is 0 Å². The second-order valence-electron chi connectivity index (χ2n) is 5.70. The van der Waals surface area contributed by atoms with Gasteiger partial charge in [-0.3, -0.25) is 0 Å². The number of aliphatic hydroxyl groups is 1. The van der Waals surface area contributed by atoms with Crippen molar-refractivity contribution in [2.75, 3.05) is 23.3 Å². The maximum atomic E-state index is 9.40. The molecule has 0 atom stereocenters. The van der Waals surface area contributed by atoms with Crippen LogP contribution in [0.2, 0.25) is 5.02 Å². The third kappa shape index (κ3) is 3.54. The van der Waals surface area contributed by atoms with Gasteiger partial charge in [0.05, 0.1) is 6.61 Å². The van der Waals surface area contributed by atoms with Gasteiger partial charge in [-0.1, -0.05) is 29.8 Å². The minimum Gasteiger partial charge on any atom is -0.392 e. The zero-order valence-corrected chi connectivity index (χ0v) is 13.3. The van der Waals surface area contributed by atoms with Crippen molar-refractivity contribution in [3.63, 3.8) is 0 Å². The van der Waals surface area contributed by atoms with Crippen molar-refractivity contribution in [1.29, 1.82) is 0 Å². The lowest BCUT2D eigenvalue weighted by Crippen LogP contribution is -2.39. The van der Waals surface area contributed by atoms with Gasteiger partial charge in [-0.05, 0) is 43.2 Å². The van der Waals surface area contributed by atoms with Gasteiger partial charge in [0.1, 0.15) is 0 Å². The lowest BCUT2D eigenvalue weighted by molar-refractivity contribution is 0.282. The van der Waals surface area contributed by atoms with Gasteiger partial charge in [0.2, 0.25) is 0 Å². The van der Waals surface area contributed by atoms with E-state index in [1.165, 1.54) is 5.69 Å². The number of anilines is 2. The first-order chi connectivity index (χ1) is 10.8. The number of hydrogen-bond donors (Lipinski definition) is 2. The molecule has 0 unspecified atom stereocenters. The van der Waals surface area contributed by atoms with Crippen LogP contribution >= 0.6 is 11.6 Å². The summed E-state index contributed by atoms with van der Waals surface area (Å²) < 4.78 is 0. The number of benzene rings is 2. The van der Waals surface area contributed by atoms with Crippen LogP contribution < -0.4 is 10.2 Å². The van der Waals surface area contributed by atoms with Crippen LogP contribution in [0.1, 0.15) is 18.4 Å². The molecule has 0 aliphatic carbocycles. The molecule has 0 amide bonds. The van der Waals surface area contributed by atoms with Crippen LogP contribution in [0.25, 0.3) is 0 Å². The van der Waals surface area contributed by atoms with Gasteiger partial charge in [-0.25, -0.2) is 0 Å². The summed E-state index contributed by atoms with van der Waals surface area (Å²) in [5, 5.41) is 13.8. The molecule has 2 N–H and O–H groups in total. The Bertz CT molecular complexity index is 607. The van der Waals surface area contributed by atoms with Crippen molar-refractivity contribution in [1.82, 2.24) is 0 Å². The Morgan fingerprint density at radius 1 is 1.05 bits per heavy atom. The van der Waals surface area contributed by atoms with Gasteiger partial charge in [-0.15, -0.1) is 0 Å². The van der Waals surface area contributed by atoms with E-state index in [0.717, 1.165) is 42.2 Å². The lowest BCUT2D eigenvalue weighted by atomic mass is 10.0. The zero-order valence-electron chi connectivity index (χ0n) is 12.5. The summed E-state index contributed by atoms with van der Waals surface area (Å²) in [5.74, 6) is 0. The summed E-state index contributed by atoms with van der Waals surface area (Å²) >= 11 is 5.94. The average Bonchev–Trinajstić information content (AvgIpc) is 2.57. The Hall–Kier alpha value is -1.71.